The largest absolute Gasteiger partial charge is 0.481 e. The van der Waals surface area contributed by atoms with E-state index in [1.54, 1.807) is 30.3 Å². The van der Waals surface area contributed by atoms with Gasteiger partial charge in [0.25, 0.3) is 0 Å². The molecule has 0 heterocycles. The third kappa shape index (κ3) is 7.67. The van der Waals surface area contributed by atoms with Gasteiger partial charge < -0.3 is 5.11 Å². The van der Waals surface area contributed by atoms with Gasteiger partial charge in [0, 0.05) is 0 Å². The number of benzene rings is 2. The standard InChI is InChI=1S/C24H32N2O5S/c1-18(2)17-22(21(24(28)29)16-10-13-19-11-6-4-7-12-19)23(27)25-26(32(3,30)31)20-14-8-5-9-15-20/h4-9,11-12,14-15,18,21-22H,10,13,16-17H2,1-3H3,(H,25,27)(H,28,29)/t21-,22+/m0/s1. The number of aliphatic carboxylic acids is 1. The highest BCUT2D eigenvalue weighted by atomic mass is 32.2. The highest BCUT2D eigenvalue weighted by Crippen LogP contribution is 2.27. The van der Waals surface area contributed by atoms with E-state index in [-0.39, 0.29) is 11.6 Å². The van der Waals surface area contributed by atoms with Crippen LogP contribution < -0.4 is 9.84 Å². The average molecular weight is 461 g/mol. The van der Waals surface area contributed by atoms with Gasteiger partial charge in [0.15, 0.2) is 0 Å². The van der Waals surface area contributed by atoms with Crippen LogP contribution in [0.25, 0.3) is 0 Å². The Balaban J connectivity index is 2.22. The van der Waals surface area contributed by atoms with Crippen LogP contribution in [-0.4, -0.2) is 31.7 Å². The minimum absolute atomic E-state index is 0.0603. The molecule has 0 radical (unpaired) electrons. The second-order valence-corrected chi connectivity index (χ2v) is 10.2. The number of carboxylic acids is 1. The number of anilines is 1. The molecule has 2 N–H and O–H groups in total. The first-order valence-electron chi connectivity index (χ1n) is 10.7. The number of hydrogen-bond acceptors (Lipinski definition) is 4. The first kappa shape index (κ1) is 25.4. The summed E-state index contributed by atoms with van der Waals surface area (Å²) in [4.78, 5) is 25.3. The van der Waals surface area contributed by atoms with Crippen molar-refractivity contribution >= 4 is 27.6 Å². The number of hydrogen-bond donors (Lipinski definition) is 2. The fourth-order valence-electron chi connectivity index (χ4n) is 3.71. The molecular weight excluding hydrogens is 428 g/mol. The van der Waals surface area contributed by atoms with Crippen molar-refractivity contribution in [3.8, 4) is 0 Å². The third-order valence-electron chi connectivity index (χ3n) is 5.22. The number of amides is 1. The van der Waals surface area contributed by atoms with Crippen molar-refractivity contribution in [1.29, 1.82) is 0 Å². The van der Waals surface area contributed by atoms with E-state index < -0.39 is 33.7 Å². The normalized spacial score (nSPS) is 13.4. The molecule has 2 aromatic rings. The summed E-state index contributed by atoms with van der Waals surface area (Å²) in [6.45, 7) is 3.82. The number of carbonyl (C=O) groups excluding carboxylic acids is 1. The van der Waals surface area contributed by atoms with Gasteiger partial charge >= 0.3 is 5.97 Å². The molecule has 0 saturated carbocycles. The number of carboxylic acid groups (broad SMARTS) is 1. The van der Waals surface area contributed by atoms with Crippen LogP contribution in [0, 0.1) is 17.8 Å². The number of carbonyl (C=O) groups is 2. The lowest BCUT2D eigenvalue weighted by Gasteiger charge is -2.29. The number of hydrazine groups is 1. The molecule has 7 nitrogen and oxygen atoms in total. The van der Waals surface area contributed by atoms with Gasteiger partial charge in [-0.3, -0.25) is 15.0 Å². The monoisotopic (exact) mass is 460 g/mol. The van der Waals surface area contributed by atoms with Crippen molar-refractivity contribution in [3.05, 3.63) is 66.2 Å². The zero-order chi connectivity index (χ0) is 23.7. The summed E-state index contributed by atoms with van der Waals surface area (Å²) in [6, 6.07) is 17.9. The molecule has 2 atom stereocenters. The summed E-state index contributed by atoms with van der Waals surface area (Å²) in [5.41, 5.74) is 3.85. The number of nitrogens with one attached hydrogen (secondary N) is 1. The molecule has 0 spiro atoms. The van der Waals surface area contributed by atoms with Gasteiger partial charge in [0.1, 0.15) is 0 Å². The molecule has 1 amide bonds. The van der Waals surface area contributed by atoms with Crippen molar-refractivity contribution in [2.24, 2.45) is 17.8 Å². The summed E-state index contributed by atoms with van der Waals surface area (Å²) in [6.07, 6.45) is 2.96. The molecule has 0 unspecified atom stereocenters. The molecule has 32 heavy (non-hydrogen) atoms. The first-order valence-corrected chi connectivity index (χ1v) is 12.6. The van der Waals surface area contributed by atoms with Crippen molar-refractivity contribution in [1.82, 2.24) is 5.43 Å². The molecule has 0 bridgehead atoms. The average Bonchev–Trinajstić information content (AvgIpc) is 2.73. The van der Waals surface area contributed by atoms with Crippen LogP contribution in [0.3, 0.4) is 0 Å². The van der Waals surface area contributed by atoms with E-state index in [0.29, 0.717) is 25.7 Å². The number of sulfonamides is 1. The van der Waals surface area contributed by atoms with Crippen molar-refractivity contribution in [2.45, 2.75) is 39.5 Å². The van der Waals surface area contributed by atoms with Crippen LogP contribution in [0.1, 0.15) is 38.7 Å². The minimum Gasteiger partial charge on any atom is -0.481 e. The third-order valence-corrected chi connectivity index (χ3v) is 6.19. The van der Waals surface area contributed by atoms with E-state index in [1.807, 2.05) is 44.2 Å². The molecule has 0 aliphatic heterocycles. The molecule has 2 rings (SSSR count). The number of para-hydroxylation sites is 1. The van der Waals surface area contributed by atoms with Crippen LogP contribution in [0.2, 0.25) is 0 Å². The van der Waals surface area contributed by atoms with Gasteiger partial charge in [0.2, 0.25) is 15.9 Å². The highest BCUT2D eigenvalue weighted by Gasteiger charge is 2.35. The topological polar surface area (TPSA) is 104 Å². The Kier molecular flexibility index (Phi) is 9.26. The SMILES string of the molecule is CC(C)C[C@@H](C(=O)NN(c1ccccc1)S(C)(=O)=O)[C@H](CCCc1ccccc1)C(=O)O. The van der Waals surface area contributed by atoms with E-state index in [2.05, 4.69) is 5.43 Å². The lowest BCUT2D eigenvalue weighted by atomic mass is 9.81. The molecule has 8 heteroatoms. The Bertz CT molecular complexity index is 978. The van der Waals surface area contributed by atoms with Crippen molar-refractivity contribution < 1.29 is 23.1 Å². The lowest BCUT2D eigenvalue weighted by Crippen LogP contribution is -2.50. The number of aryl methyl sites for hydroxylation is 1. The fraction of sp³-hybridized carbons (Fsp3) is 0.417. The van der Waals surface area contributed by atoms with E-state index in [4.69, 9.17) is 0 Å². The van der Waals surface area contributed by atoms with Gasteiger partial charge in [-0.15, -0.1) is 0 Å². The maximum absolute atomic E-state index is 13.2. The van der Waals surface area contributed by atoms with E-state index in [9.17, 15) is 23.1 Å². The van der Waals surface area contributed by atoms with Crippen LogP contribution >= 0.6 is 0 Å². The molecule has 0 aromatic heterocycles. The first-order chi connectivity index (χ1) is 15.1. The maximum atomic E-state index is 13.2. The fourth-order valence-corrected chi connectivity index (χ4v) is 4.48. The zero-order valence-electron chi connectivity index (χ0n) is 18.8. The quantitative estimate of drug-likeness (QED) is 0.468. The summed E-state index contributed by atoms with van der Waals surface area (Å²) in [5, 5.41) is 9.90. The summed E-state index contributed by atoms with van der Waals surface area (Å²) < 4.78 is 25.5. The minimum atomic E-state index is -3.82. The molecule has 0 fully saturated rings. The van der Waals surface area contributed by atoms with E-state index in [0.717, 1.165) is 16.2 Å². The molecular formula is C24H32N2O5S. The Hall–Kier alpha value is -2.87. The van der Waals surface area contributed by atoms with E-state index in [1.165, 1.54) is 0 Å². The van der Waals surface area contributed by atoms with Gasteiger partial charge in [0.05, 0.1) is 23.8 Å². The number of rotatable bonds is 12. The van der Waals surface area contributed by atoms with Gasteiger partial charge in [-0.1, -0.05) is 62.4 Å². The van der Waals surface area contributed by atoms with Crippen LogP contribution in [0.5, 0.6) is 0 Å². The highest BCUT2D eigenvalue weighted by molar-refractivity contribution is 7.92. The molecule has 174 valence electrons. The van der Waals surface area contributed by atoms with Crippen molar-refractivity contribution in [3.63, 3.8) is 0 Å². The molecule has 0 aliphatic rings. The molecule has 2 aromatic carbocycles. The predicted molar refractivity (Wildman–Crippen MR) is 125 cm³/mol. The van der Waals surface area contributed by atoms with Gasteiger partial charge in [-0.25, -0.2) is 8.42 Å². The van der Waals surface area contributed by atoms with Crippen molar-refractivity contribution in [2.75, 3.05) is 10.7 Å². The predicted octanol–water partition coefficient (Wildman–Crippen LogP) is 3.87. The Morgan fingerprint density at radius 1 is 0.969 bits per heavy atom. The Morgan fingerprint density at radius 2 is 1.53 bits per heavy atom. The summed E-state index contributed by atoms with van der Waals surface area (Å²) >= 11 is 0. The maximum Gasteiger partial charge on any atom is 0.307 e. The smallest absolute Gasteiger partial charge is 0.307 e. The second-order valence-electron chi connectivity index (χ2n) is 8.40. The Labute approximate surface area is 190 Å². The second kappa shape index (κ2) is 11.7. The lowest BCUT2D eigenvalue weighted by molar-refractivity contribution is -0.148. The van der Waals surface area contributed by atoms with Gasteiger partial charge in [-0.05, 0) is 49.3 Å². The van der Waals surface area contributed by atoms with Gasteiger partial charge in [-0.2, -0.15) is 4.41 Å². The van der Waals surface area contributed by atoms with Crippen LogP contribution in [0.15, 0.2) is 60.7 Å². The summed E-state index contributed by atoms with van der Waals surface area (Å²) in [7, 11) is -3.82. The number of nitrogens with zero attached hydrogens (tertiary/aromatic N) is 1. The van der Waals surface area contributed by atoms with Crippen LogP contribution in [-0.2, 0) is 26.0 Å². The van der Waals surface area contributed by atoms with Crippen LogP contribution in [0.4, 0.5) is 5.69 Å². The van der Waals surface area contributed by atoms with E-state index >= 15 is 0 Å². The molecule has 0 saturated heterocycles. The molecule has 0 aliphatic carbocycles. The summed E-state index contributed by atoms with van der Waals surface area (Å²) in [5.74, 6) is -3.38. The Morgan fingerprint density at radius 3 is 2.03 bits per heavy atom. The zero-order valence-corrected chi connectivity index (χ0v) is 19.6.